The molecular formula is C6H14CsN. The molecule has 0 spiro atoms. The fourth-order valence-corrected chi connectivity index (χ4v) is 0.428. The second kappa shape index (κ2) is 11.8. The van der Waals surface area contributed by atoms with E-state index in [1.54, 1.807) is 0 Å². The first-order valence-electron chi connectivity index (χ1n) is 3.05. The van der Waals surface area contributed by atoms with Gasteiger partial charge in [0.15, 0.2) is 0 Å². The van der Waals surface area contributed by atoms with Crippen molar-refractivity contribution >= 4 is 0 Å². The smallest absolute Gasteiger partial charge is 0.662 e. The molecule has 0 heterocycles. The predicted octanol–water partition coefficient (Wildman–Crippen LogP) is -0.816. The summed E-state index contributed by atoms with van der Waals surface area (Å²) in [5.41, 5.74) is 0. The van der Waals surface area contributed by atoms with Gasteiger partial charge in [0, 0.05) is 0 Å². The molecule has 0 aliphatic carbocycles. The molecule has 0 radical (unpaired) electrons. The van der Waals surface area contributed by atoms with E-state index >= 15 is 0 Å². The Morgan fingerprint density at radius 1 is 1.00 bits per heavy atom. The fraction of sp³-hybridized carbons (Fsp3) is 1.00. The second-order valence-corrected chi connectivity index (χ2v) is 1.67. The summed E-state index contributed by atoms with van der Waals surface area (Å²) in [7, 11) is 0. The van der Waals surface area contributed by atoms with Crippen molar-refractivity contribution in [3.8, 4) is 0 Å². The van der Waals surface area contributed by atoms with Crippen LogP contribution >= 0.6 is 0 Å². The molecule has 0 bridgehead atoms. The van der Waals surface area contributed by atoms with Crippen LogP contribution in [0.4, 0.5) is 0 Å². The maximum atomic E-state index is 4.21. The van der Waals surface area contributed by atoms with Gasteiger partial charge in [0.05, 0.1) is 0 Å². The Morgan fingerprint density at radius 2 is 1.38 bits per heavy atom. The average Bonchev–Trinajstić information content (AvgIpc) is 1.69. The van der Waals surface area contributed by atoms with Crippen LogP contribution in [0.25, 0.3) is 5.32 Å². The molecule has 0 atom stereocenters. The number of rotatable bonds is 4. The van der Waals surface area contributed by atoms with E-state index in [1.807, 2.05) is 0 Å². The van der Waals surface area contributed by atoms with Crippen LogP contribution in [0.15, 0.2) is 0 Å². The van der Waals surface area contributed by atoms with Gasteiger partial charge < -0.3 is 5.32 Å². The molecule has 0 saturated heterocycles. The molecule has 0 aromatic rings. The SMILES string of the molecule is CCC[N-]CCC.[Cs+]. The molecule has 0 amide bonds. The first-order chi connectivity index (χ1) is 3.41. The van der Waals surface area contributed by atoms with Gasteiger partial charge in [-0.15, -0.1) is 13.1 Å². The Hall–Kier alpha value is 2.01. The van der Waals surface area contributed by atoms with Crippen molar-refractivity contribution in [3.05, 3.63) is 5.32 Å². The number of nitrogens with zero attached hydrogens (tertiary/aromatic N) is 1. The minimum absolute atomic E-state index is 0. The van der Waals surface area contributed by atoms with Crippen molar-refractivity contribution in [2.24, 2.45) is 0 Å². The number of hydrogen-bond acceptors (Lipinski definition) is 0. The van der Waals surface area contributed by atoms with E-state index in [1.165, 1.54) is 12.8 Å². The summed E-state index contributed by atoms with van der Waals surface area (Å²) < 4.78 is 0. The molecule has 0 rings (SSSR count). The molecule has 8 heavy (non-hydrogen) atoms. The molecule has 0 aliphatic heterocycles. The van der Waals surface area contributed by atoms with Crippen LogP contribution < -0.4 is 68.9 Å². The Labute approximate surface area is 111 Å². The third-order valence-electron chi connectivity index (χ3n) is 0.763. The van der Waals surface area contributed by atoms with Gasteiger partial charge in [-0.2, -0.15) is 0 Å². The molecule has 44 valence electrons. The van der Waals surface area contributed by atoms with E-state index < -0.39 is 0 Å². The van der Waals surface area contributed by atoms with Gasteiger partial charge in [0.1, 0.15) is 0 Å². The van der Waals surface area contributed by atoms with Gasteiger partial charge in [0.25, 0.3) is 0 Å². The normalized spacial score (nSPS) is 8.25. The predicted molar refractivity (Wildman–Crippen MR) is 33.7 cm³/mol. The zero-order valence-corrected chi connectivity index (χ0v) is 12.6. The van der Waals surface area contributed by atoms with E-state index in [9.17, 15) is 0 Å². The van der Waals surface area contributed by atoms with Gasteiger partial charge in [-0.25, -0.2) is 0 Å². The zero-order chi connectivity index (χ0) is 5.54. The van der Waals surface area contributed by atoms with Crippen LogP contribution in [0.1, 0.15) is 26.7 Å². The van der Waals surface area contributed by atoms with Crippen molar-refractivity contribution in [3.63, 3.8) is 0 Å². The van der Waals surface area contributed by atoms with Crippen LogP contribution in [0.3, 0.4) is 0 Å². The Kier molecular flexibility index (Phi) is 18.6. The average molecular weight is 233 g/mol. The quantitative estimate of drug-likeness (QED) is 0.563. The van der Waals surface area contributed by atoms with Crippen LogP contribution in [-0.4, -0.2) is 13.1 Å². The third-order valence-corrected chi connectivity index (χ3v) is 0.763. The Morgan fingerprint density at radius 3 is 1.62 bits per heavy atom. The molecule has 0 aromatic heterocycles. The molecule has 0 aromatic carbocycles. The van der Waals surface area contributed by atoms with E-state index in [0.29, 0.717) is 0 Å². The van der Waals surface area contributed by atoms with E-state index in [-0.39, 0.29) is 68.9 Å². The molecule has 0 aliphatic rings. The summed E-state index contributed by atoms with van der Waals surface area (Å²) in [5, 5.41) is 4.21. The van der Waals surface area contributed by atoms with Gasteiger partial charge in [-0.05, 0) is 0 Å². The van der Waals surface area contributed by atoms with Crippen LogP contribution in [-0.2, 0) is 0 Å². The molecular weight excluding hydrogens is 219 g/mol. The first-order valence-corrected chi connectivity index (χ1v) is 3.05. The topological polar surface area (TPSA) is 14.1 Å². The van der Waals surface area contributed by atoms with E-state index in [0.717, 1.165) is 13.1 Å². The summed E-state index contributed by atoms with van der Waals surface area (Å²) in [6.45, 7) is 6.40. The van der Waals surface area contributed by atoms with Gasteiger partial charge >= 0.3 is 68.9 Å². The van der Waals surface area contributed by atoms with Gasteiger partial charge in [0.2, 0.25) is 0 Å². The summed E-state index contributed by atoms with van der Waals surface area (Å²) in [6.07, 6.45) is 2.39. The van der Waals surface area contributed by atoms with E-state index in [2.05, 4.69) is 19.2 Å². The van der Waals surface area contributed by atoms with Crippen molar-refractivity contribution < 1.29 is 68.9 Å². The van der Waals surface area contributed by atoms with Crippen molar-refractivity contribution in [2.45, 2.75) is 26.7 Å². The molecule has 1 nitrogen and oxygen atoms in total. The maximum absolute atomic E-state index is 4.21. The van der Waals surface area contributed by atoms with Gasteiger partial charge in [-0.1, -0.05) is 26.7 Å². The molecule has 0 saturated carbocycles. The zero-order valence-electron chi connectivity index (χ0n) is 6.28. The summed E-state index contributed by atoms with van der Waals surface area (Å²) in [4.78, 5) is 0. The van der Waals surface area contributed by atoms with Crippen molar-refractivity contribution in [1.82, 2.24) is 0 Å². The molecule has 0 fully saturated rings. The largest absolute Gasteiger partial charge is 1.00 e. The fourth-order valence-electron chi connectivity index (χ4n) is 0.428. The standard InChI is InChI=1S/C6H14N.Cs/c1-3-5-7-6-4-2;/h3-6H2,1-2H3;/q-1;+1. The third kappa shape index (κ3) is 10.9. The van der Waals surface area contributed by atoms with Crippen LogP contribution in [0, 0.1) is 0 Å². The maximum Gasteiger partial charge on any atom is 1.00 e. The van der Waals surface area contributed by atoms with Crippen molar-refractivity contribution in [1.29, 1.82) is 0 Å². The van der Waals surface area contributed by atoms with Crippen LogP contribution in [0.5, 0.6) is 0 Å². The minimum atomic E-state index is 0. The second-order valence-electron chi connectivity index (χ2n) is 1.67. The number of hydrogen-bond donors (Lipinski definition) is 0. The molecule has 0 N–H and O–H groups in total. The van der Waals surface area contributed by atoms with Crippen LogP contribution in [0.2, 0.25) is 0 Å². The Bertz CT molecular complexity index is 27.7. The van der Waals surface area contributed by atoms with E-state index in [4.69, 9.17) is 0 Å². The monoisotopic (exact) mass is 233 g/mol. The Balaban J connectivity index is 0. The summed E-state index contributed by atoms with van der Waals surface area (Å²) in [5.74, 6) is 0. The minimum Gasteiger partial charge on any atom is -0.662 e. The first kappa shape index (κ1) is 12.7. The summed E-state index contributed by atoms with van der Waals surface area (Å²) in [6, 6.07) is 0. The molecule has 2 heteroatoms. The summed E-state index contributed by atoms with van der Waals surface area (Å²) >= 11 is 0. The van der Waals surface area contributed by atoms with Crippen molar-refractivity contribution in [2.75, 3.05) is 13.1 Å². The van der Waals surface area contributed by atoms with Gasteiger partial charge in [-0.3, -0.25) is 0 Å². The molecule has 0 unspecified atom stereocenters.